The zero-order chi connectivity index (χ0) is 12.5. The number of nitrogens with zero attached hydrogens (tertiary/aromatic N) is 3. The van der Waals surface area contributed by atoms with E-state index in [0.717, 1.165) is 6.54 Å². The Morgan fingerprint density at radius 2 is 1.50 bits per heavy atom. The first-order valence-corrected chi connectivity index (χ1v) is 5.80. The quantitative estimate of drug-likeness (QED) is 0.686. The van der Waals surface area contributed by atoms with Crippen molar-refractivity contribution in [1.29, 1.82) is 0 Å². The molecule has 2 heterocycles. The highest BCUT2D eigenvalue weighted by Gasteiger charge is 1.91. The van der Waals surface area contributed by atoms with Gasteiger partial charge in [-0.25, -0.2) is 4.98 Å². The van der Waals surface area contributed by atoms with Crippen LogP contribution in [-0.4, -0.2) is 14.5 Å². The van der Waals surface area contributed by atoms with Gasteiger partial charge in [0.2, 0.25) is 0 Å². The Bertz CT molecular complexity index is 491. The molecule has 0 amide bonds. The van der Waals surface area contributed by atoms with Crippen molar-refractivity contribution in [3.05, 3.63) is 85.2 Å². The first-order chi connectivity index (χ1) is 8.95. The highest BCUT2D eigenvalue weighted by atomic mass is 15.0. The summed E-state index contributed by atoms with van der Waals surface area (Å²) < 4.78 is 2.05. The van der Waals surface area contributed by atoms with Gasteiger partial charge in [-0.1, -0.05) is 36.4 Å². The minimum Gasteiger partial charge on any atom is -0.333 e. The van der Waals surface area contributed by atoms with Crippen LogP contribution < -0.4 is 0 Å². The lowest BCUT2D eigenvalue weighted by atomic mass is 10.2. The lowest BCUT2D eigenvalue weighted by Gasteiger charge is -2.00. The van der Waals surface area contributed by atoms with Crippen LogP contribution in [0, 0.1) is 0 Å². The summed E-state index contributed by atoms with van der Waals surface area (Å²) in [5.41, 5.74) is 1.30. The molecular weight excluding hydrogens is 222 g/mol. The Morgan fingerprint density at radius 1 is 0.778 bits per heavy atom. The van der Waals surface area contributed by atoms with Gasteiger partial charge in [-0.15, -0.1) is 0 Å². The molecule has 3 heteroatoms. The van der Waals surface area contributed by atoms with Gasteiger partial charge in [-0.05, 0) is 17.7 Å². The number of rotatable bonds is 2. The lowest BCUT2D eigenvalue weighted by Crippen LogP contribution is -1.95. The van der Waals surface area contributed by atoms with Crippen LogP contribution in [0.4, 0.5) is 0 Å². The second-order valence-corrected chi connectivity index (χ2v) is 3.75. The first kappa shape index (κ1) is 12.0. The maximum atomic E-state index is 3.98. The van der Waals surface area contributed by atoms with Crippen LogP contribution in [0.3, 0.4) is 0 Å². The van der Waals surface area contributed by atoms with Crippen molar-refractivity contribution in [2.45, 2.75) is 6.54 Å². The number of imidazole rings is 1. The number of aromatic nitrogens is 3. The third-order valence-corrected chi connectivity index (χ3v) is 2.33. The molecule has 0 unspecified atom stereocenters. The molecule has 0 aliphatic heterocycles. The van der Waals surface area contributed by atoms with E-state index in [1.807, 2.05) is 48.9 Å². The number of benzene rings is 1. The Balaban J connectivity index is 0.000000169. The smallest absolute Gasteiger partial charge is 0.0949 e. The van der Waals surface area contributed by atoms with Crippen LogP contribution in [0.2, 0.25) is 0 Å². The molecule has 0 saturated heterocycles. The molecule has 2 aromatic heterocycles. The van der Waals surface area contributed by atoms with Crippen molar-refractivity contribution in [3.8, 4) is 0 Å². The van der Waals surface area contributed by atoms with E-state index in [0.29, 0.717) is 0 Å². The van der Waals surface area contributed by atoms with Crippen molar-refractivity contribution in [2.24, 2.45) is 0 Å². The summed E-state index contributed by atoms with van der Waals surface area (Å²) in [5, 5.41) is 0. The summed E-state index contributed by atoms with van der Waals surface area (Å²) in [4.78, 5) is 7.77. The Labute approximate surface area is 107 Å². The molecular formula is C15H15N3. The van der Waals surface area contributed by atoms with Crippen LogP contribution >= 0.6 is 0 Å². The maximum Gasteiger partial charge on any atom is 0.0949 e. The molecule has 1 aromatic carbocycles. The van der Waals surface area contributed by atoms with Crippen molar-refractivity contribution in [1.82, 2.24) is 14.5 Å². The Morgan fingerprint density at radius 3 is 2.00 bits per heavy atom. The van der Waals surface area contributed by atoms with E-state index in [4.69, 9.17) is 0 Å². The topological polar surface area (TPSA) is 30.7 Å². The summed E-state index contributed by atoms with van der Waals surface area (Å²) in [7, 11) is 0. The zero-order valence-corrected chi connectivity index (χ0v) is 10.1. The fraction of sp³-hybridized carbons (Fsp3) is 0.0667. The van der Waals surface area contributed by atoms with Gasteiger partial charge in [0.1, 0.15) is 0 Å². The largest absolute Gasteiger partial charge is 0.333 e. The molecule has 3 rings (SSSR count). The molecule has 0 bridgehead atoms. The molecule has 0 N–H and O–H groups in total. The lowest BCUT2D eigenvalue weighted by molar-refractivity contribution is 0.797. The van der Waals surface area contributed by atoms with E-state index < -0.39 is 0 Å². The fourth-order valence-corrected chi connectivity index (χ4v) is 1.49. The van der Waals surface area contributed by atoms with Crippen LogP contribution in [-0.2, 0) is 6.54 Å². The maximum absolute atomic E-state index is 3.98. The normalized spacial score (nSPS) is 9.33. The molecule has 0 fully saturated rings. The van der Waals surface area contributed by atoms with E-state index in [-0.39, 0.29) is 0 Å². The van der Waals surface area contributed by atoms with Crippen LogP contribution in [0.25, 0.3) is 0 Å². The van der Waals surface area contributed by atoms with E-state index in [1.54, 1.807) is 18.6 Å². The summed E-state index contributed by atoms with van der Waals surface area (Å²) in [5.74, 6) is 0. The SMILES string of the molecule is c1ccc(Cn2ccnc2)cc1.c1ccncc1. The molecule has 90 valence electrons. The number of pyridine rings is 1. The van der Waals surface area contributed by atoms with Gasteiger partial charge in [0.15, 0.2) is 0 Å². The predicted octanol–water partition coefficient (Wildman–Crippen LogP) is 3.01. The molecule has 0 spiro atoms. The van der Waals surface area contributed by atoms with Gasteiger partial charge in [-0.2, -0.15) is 0 Å². The monoisotopic (exact) mass is 237 g/mol. The summed E-state index contributed by atoms with van der Waals surface area (Å²) >= 11 is 0. The first-order valence-electron chi connectivity index (χ1n) is 5.80. The number of hydrogen-bond acceptors (Lipinski definition) is 2. The summed E-state index contributed by atoms with van der Waals surface area (Å²) in [6, 6.07) is 16.1. The van der Waals surface area contributed by atoms with E-state index in [2.05, 4.69) is 26.7 Å². The standard InChI is InChI=1S/C10H10N2.C5H5N/c1-2-4-10(5-3-1)8-12-7-6-11-9-12;1-2-4-6-5-3-1/h1-7,9H,8H2;1-5H. The Hall–Kier alpha value is -2.42. The van der Waals surface area contributed by atoms with Gasteiger partial charge in [0.25, 0.3) is 0 Å². The van der Waals surface area contributed by atoms with Gasteiger partial charge >= 0.3 is 0 Å². The molecule has 0 aliphatic carbocycles. The van der Waals surface area contributed by atoms with Crippen molar-refractivity contribution >= 4 is 0 Å². The third kappa shape index (κ3) is 4.22. The van der Waals surface area contributed by atoms with E-state index in [9.17, 15) is 0 Å². The average Bonchev–Trinajstić information content (AvgIpc) is 2.96. The molecule has 3 nitrogen and oxygen atoms in total. The van der Waals surface area contributed by atoms with Gasteiger partial charge in [0.05, 0.1) is 6.33 Å². The van der Waals surface area contributed by atoms with Gasteiger partial charge in [-0.3, -0.25) is 4.98 Å². The average molecular weight is 237 g/mol. The highest BCUT2D eigenvalue weighted by molar-refractivity contribution is 5.14. The van der Waals surface area contributed by atoms with E-state index >= 15 is 0 Å². The fourth-order valence-electron chi connectivity index (χ4n) is 1.49. The van der Waals surface area contributed by atoms with Gasteiger partial charge < -0.3 is 4.57 Å². The highest BCUT2D eigenvalue weighted by Crippen LogP contribution is 2.00. The molecule has 3 aromatic rings. The van der Waals surface area contributed by atoms with Crippen molar-refractivity contribution < 1.29 is 0 Å². The van der Waals surface area contributed by atoms with E-state index in [1.165, 1.54) is 5.56 Å². The molecule has 0 atom stereocenters. The molecule has 0 saturated carbocycles. The molecule has 18 heavy (non-hydrogen) atoms. The van der Waals surface area contributed by atoms with Crippen LogP contribution in [0.15, 0.2) is 79.6 Å². The van der Waals surface area contributed by atoms with Crippen LogP contribution in [0.1, 0.15) is 5.56 Å². The molecule has 0 radical (unpaired) electrons. The van der Waals surface area contributed by atoms with Crippen LogP contribution in [0.5, 0.6) is 0 Å². The van der Waals surface area contributed by atoms with Crippen molar-refractivity contribution in [2.75, 3.05) is 0 Å². The third-order valence-electron chi connectivity index (χ3n) is 2.33. The molecule has 0 aliphatic rings. The number of hydrogen-bond donors (Lipinski definition) is 0. The summed E-state index contributed by atoms with van der Waals surface area (Å²) in [6.07, 6.45) is 9.09. The summed E-state index contributed by atoms with van der Waals surface area (Å²) in [6.45, 7) is 0.904. The van der Waals surface area contributed by atoms with Crippen molar-refractivity contribution in [3.63, 3.8) is 0 Å². The van der Waals surface area contributed by atoms with Gasteiger partial charge in [0, 0.05) is 31.3 Å². The minimum absolute atomic E-state index is 0.904. The predicted molar refractivity (Wildman–Crippen MR) is 72.0 cm³/mol. The second-order valence-electron chi connectivity index (χ2n) is 3.75. The zero-order valence-electron chi connectivity index (χ0n) is 10.1. The second kappa shape index (κ2) is 7.01. The minimum atomic E-state index is 0.904. The Kier molecular flexibility index (Phi) is 4.69.